The van der Waals surface area contributed by atoms with Crippen molar-refractivity contribution in [2.24, 2.45) is 0 Å². The second-order valence-electron chi connectivity index (χ2n) is 5.62. The van der Waals surface area contributed by atoms with Gasteiger partial charge in [0, 0.05) is 31.1 Å². The highest BCUT2D eigenvalue weighted by atomic mass is 16.5. The number of aromatic nitrogens is 2. The van der Waals surface area contributed by atoms with Gasteiger partial charge >= 0.3 is 0 Å². The quantitative estimate of drug-likeness (QED) is 0.798. The lowest BCUT2D eigenvalue weighted by Crippen LogP contribution is -2.17. The van der Waals surface area contributed by atoms with Crippen LogP contribution in [0.25, 0.3) is 22.1 Å². The third-order valence-electron chi connectivity index (χ3n) is 4.17. The molecule has 1 aliphatic rings. The molecule has 1 fully saturated rings. The molecule has 0 radical (unpaired) electrons. The molecule has 0 amide bonds. The summed E-state index contributed by atoms with van der Waals surface area (Å²) in [6.07, 6.45) is 1.96. The normalized spacial score (nSPS) is 16.4. The molecule has 4 rings (SSSR count). The Balaban J connectivity index is 1.92. The van der Waals surface area contributed by atoms with Crippen molar-refractivity contribution in [3.63, 3.8) is 0 Å². The summed E-state index contributed by atoms with van der Waals surface area (Å²) in [4.78, 5) is 9.57. The van der Waals surface area contributed by atoms with Crippen molar-refractivity contribution in [3.05, 3.63) is 30.1 Å². The molecule has 1 aromatic carbocycles. The van der Waals surface area contributed by atoms with Gasteiger partial charge in [-0.25, -0.2) is 9.97 Å². The number of fused-ring (bicyclic) bond motifs is 3. The molecular weight excluding hydrogens is 278 g/mol. The smallest absolute Gasteiger partial charge is 0.196 e. The first-order chi connectivity index (χ1) is 10.9. The van der Waals surface area contributed by atoms with Gasteiger partial charge in [0.1, 0.15) is 16.9 Å². The van der Waals surface area contributed by atoms with E-state index in [2.05, 4.69) is 18.3 Å². The first-order valence-corrected chi connectivity index (χ1v) is 7.87. The van der Waals surface area contributed by atoms with Gasteiger partial charge in [-0.3, -0.25) is 0 Å². The number of ether oxygens (including phenoxy) is 1. The van der Waals surface area contributed by atoms with E-state index >= 15 is 0 Å². The minimum Gasteiger partial charge on any atom is -0.450 e. The van der Waals surface area contributed by atoms with Crippen LogP contribution in [0.3, 0.4) is 0 Å². The fourth-order valence-corrected chi connectivity index (χ4v) is 3.03. The fraction of sp³-hybridized carbons (Fsp3) is 0.412. The molecule has 2 aromatic heterocycles. The Morgan fingerprint density at radius 1 is 1.18 bits per heavy atom. The monoisotopic (exact) mass is 297 g/mol. The summed E-state index contributed by atoms with van der Waals surface area (Å²) < 4.78 is 11.4. The van der Waals surface area contributed by atoms with Crippen molar-refractivity contribution in [2.45, 2.75) is 25.7 Å². The number of hydrogen-bond donors (Lipinski definition) is 1. The van der Waals surface area contributed by atoms with Gasteiger partial charge in [0.05, 0.1) is 0 Å². The van der Waals surface area contributed by atoms with Crippen LogP contribution in [0.2, 0.25) is 0 Å². The Morgan fingerprint density at radius 3 is 2.82 bits per heavy atom. The lowest BCUT2D eigenvalue weighted by molar-refractivity contribution is 0.0837. The summed E-state index contributed by atoms with van der Waals surface area (Å²) in [5, 5.41) is 4.36. The molecule has 0 bridgehead atoms. The Bertz CT molecular complexity index is 806. The van der Waals surface area contributed by atoms with Crippen LogP contribution in [0.4, 0.5) is 5.82 Å². The zero-order valence-electron chi connectivity index (χ0n) is 12.6. The molecular formula is C17H19N3O2. The highest BCUT2D eigenvalue weighted by molar-refractivity contribution is 6.05. The number of para-hydroxylation sites is 1. The predicted octanol–water partition coefficient (Wildman–Crippen LogP) is 3.70. The summed E-state index contributed by atoms with van der Waals surface area (Å²) in [5.41, 5.74) is 2.51. The van der Waals surface area contributed by atoms with Crippen molar-refractivity contribution in [3.8, 4) is 0 Å². The summed E-state index contributed by atoms with van der Waals surface area (Å²) >= 11 is 0. The molecule has 0 saturated carbocycles. The molecule has 3 heterocycles. The van der Waals surface area contributed by atoms with Gasteiger partial charge in [-0.1, -0.05) is 12.1 Å². The van der Waals surface area contributed by atoms with Crippen LogP contribution in [-0.2, 0) is 4.74 Å². The minimum atomic E-state index is 0.365. The second-order valence-corrected chi connectivity index (χ2v) is 5.62. The third kappa shape index (κ3) is 2.22. The van der Waals surface area contributed by atoms with Crippen LogP contribution in [0, 0.1) is 0 Å². The van der Waals surface area contributed by atoms with Crippen LogP contribution >= 0.6 is 0 Å². The van der Waals surface area contributed by atoms with E-state index in [0.717, 1.165) is 66.3 Å². The van der Waals surface area contributed by atoms with Gasteiger partial charge in [-0.2, -0.15) is 0 Å². The van der Waals surface area contributed by atoms with Crippen molar-refractivity contribution < 1.29 is 9.15 Å². The van der Waals surface area contributed by atoms with Crippen molar-refractivity contribution in [1.29, 1.82) is 0 Å². The molecule has 0 unspecified atom stereocenters. The zero-order chi connectivity index (χ0) is 14.9. The Hall–Kier alpha value is -2.14. The maximum Gasteiger partial charge on any atom is 0.196 e. The maximum atomic E-state index is 5.97. The Labute approximate surface area is 128 Å². The molecule has 5 nitrogen and oxygen atoms in total. The van der Waals surface area contributed by atoms with Crippen molar-refractivity contribution in [2.75, 3.05) is 25.1 Å². The average Bonchev–Trinajstić information content (AvgIpc) is 2.95. The van der Waals surface area contributed by atoms with Crippen LogP contribution < -0.4 is 5.32 Å². The molecule has 114 valence electrons. The van der Waals surface area contributed by atoms with Gasteiger partial charge in [0.15, 0.2) is 11.4 Å². The Morgan fingerprint density at radius 2 is 2.00 bits per heavy atom. The number of furan rings is 1. The lowest BCUT2D eigenvalue weighted by Gasteiger charge is -2.21. The summed E-state index contributed by atoms with van der Waals surface area (Å²) in [5.74, 6) is 2.06. The largest absolute Gasteiger partial charge is 0.450 e. The predicted molar refractivity (Wildman–Crippen MR) is 86.3 cm³/mol. The molecule has 1 aliphatic heterocycles. The van der Waals surface area contributed by atoms with E-state index in [1.54, 1.807) is 0 Å². The van der Waals surface area contributed by atoms with E-state index in [1.165, 1.54) is 0 Å². The van der Waals surface area contributed by atoms with Gasteiger partial charge in [-0.15, -0.1) is 0 Å². The van der Waals surface area contributed by atoms with E-state index in [9.17, 15) is 0 Å². The number of nitrogens with one attached hydrogen (secondary N) is 1. The van der Waals surface area contributed by atoms with E-state index in [4.69, 9.17) is 19.1 Å². The van der Waals surface area contributed by atoms with E-state index < -0.39 is 0 Å². The molecule has 1 saturated heterocycles. The van der Waals surface area contributed by atoms with Crippen molar-refractivity contribution in [1.82, 2.24) is 9.97 Å². The number of hydrogen-bond acceptors (Lipinski definition) is 5. The number of nitrogens with zero attached hydrogens (tertiary/aromatic N) is 2. The van der Waals surface area contributed by atoms with E-state index in [0.29, 0.717) is 5.92 Å². The van der Waals surface area contributed by atoms with E-state index in [1.807, 2.05) is 18.2 Å². The third-order valence-corrected chi connectivity index (χ3v) is 4.17. The summed E-state index contributed by atoms with van der Waals surface area (Å²) in [6, 6.07) is 8.02. The highest BCUT2D eigenvalue weighted by Gasteiger charge is 2.22. The maximum absolute atomic E-state index is 5.97. The number of rotatable bonds is 3. The molecule has 0 aliphatic carbocycles. The van der Waals surface area contributed by atoms with Crippen LogP contribution in [0.5, 0.6) is 0 Å². The number of benzene rings is 1. The number of anilines is 1. The first-order valence-electron chi connectivity index (χ1n) is 7.87. The molecule has 22 heavy (non-hydrogen) atoms. The fourth-order valence-electron chi connectivity index (χ4n) is 3.03. The lowest BCUT2D eigenvalue weighted by atomic mass is 9.99. The molecule has 0 atom stereocenters. The standard InChI is InChI=1S/C17H19N3O2/c1-2-18-17-15-14(12-5-3-4-6-13(12)22-15)19-16(20-17)11-7-9-21-10-8-11/h3-6,11H,2,7-10H2,1H3,(H,18,19,20). The topological polar surface area (TPSA) is 60.2 Å². The zero-order valence-corrected chi connectivity index (χ0v) is 12.6. The van der Waals surface area contributed by atoms with E-state index in [-0.39, 0.29) is 0 Å². The first kappa shape index (κ1) is 13.5. The van der Waals surface area contributed by atoms with Gasteiger partial charge in [0.2, 0.25) is 0 Å². The van der Waals surface area contributed by atoms with Crippen LogP contribution in [0.15, 0.2) is 28.7 Å². The highest BCUT2D eigenvalue weighted by Crippen LogP contribution is 2.34. The van der Waals surface area contributed by atoms with Gasteiger partial charge in [-0.05, 0) is 31.9 Å². The average molecular weight is 297 g/mol. The molecule has 5 heteroatoms. The van der Waals surface area contributed by atoms with Crippen LogP contribution in [-0.4, -0.2) is 29.7 Å². The SMILES string of the molecule is CCNc1nc(C2CCOCC2)nc2c1oc1ccccc12. The summed E-state index contributed by atoms with van der Waals surface area (Å²) in [7, 11) is 0. The summed E-state index contributed by atoms with van der Waals surface area (Å²) in [6.45, 7) is 4.44. The van der Waals surface area contributed by atoms with Gasteiger partial charge < -0.3 is 14.5 Å². The Kier molecular flexibility index (Phi) is 3.42. The second kappa shape index (κ2) is 5.57. The van der Waals surface area contributed by atoms with Crippen LogP contribution in [0.1, 0.15) is 31.5 Å². The molecule has 0 spiro atoms. The molecule has 1 N–H and O–H groups in total. The van der Waals surface area contributed by atoms with Crippen molar-refractivity contribution >= 4 is 27.9 Å². The molecule has 3 aromatic rings. The van der Waals surface area contributed by atoms with Gasteiger partial charge in [0.25, 0.3) is 0 Å². The minimum absolute atomic E-state index is 0.365.